The molecule has 204 valence electrons. The van der Waals surface area contributed by atoms with Gasteiger partial charge in [-0.2, -0.15) is 0 Å². The van der Waals surface area contributed by atoms with Gasteiger partial charge in [0.25, 0.3) is 5.69 Å². The van der Waals surface area contributed by atoms with E-state index in [1.54, 1.807) is 26.4 Å². The van der Waals surface area contributed by atoms with Crippen molar-refractivity contribution in [2.75, 3.05) is 50.2 Å². The van der Waals surface area contributed by atoms with E-state index in [-0.39, 0.29) is 28.5 Å². The van der Waals surface area contributed by atoms with Gasteiger partial charge in [-0.05, 0) is 61.2 Å². The number of rotatable bonds is 8. The number of hydrogen-bond donors (Lipinski definition) is 1. The lowest BCUT2D eigenvalue weighted by molar-refractivity contribution is -0.384. The normalized spacial score (nSPS) is 18.1. The molecule has 0 saturated carbocycles. The Labute approximate surface area is 228 Å². The minimum absolute atomic E-state index is 0.0339. The van der Waals surface area contributed by atoms with Crippen molar-refractivity contribution in [1.29, 1.82) is 0 Å². The molecule has 2 aliphatic heterocycles. The van der Waals surface area contributed by atoms with Crippen LogP contribution >= 0.6 is 0 Å². The first-order valence-electron chi connectivity index (χ1n) is 13.2. The van der Waals surface area contributed by atoms with Crippen molar-refractivity contribution in [1.82, 2.24) is 5.32 Å². The Morgan fingerprint density at radius 3 is 2.51 bits per heavy atom. The molecule has 1 fully saturated rings. The van der Waals surface area contributed by atoms with Crippen molar-refractivity contribution < 1.29 is 19.2 Å². The standard InChI is InChI=1S/C30H34N4O5/c1-20-4-7-23(8-5-20)32-14-15-33-26-10-9-24(34(36)37)17-22(26)18-25(27(33)19-32)30(35)31-13-12-21-6-11-28(38-2)29(16-21)39-3/h4-11,16-17,25,27H,12-15,18-19H2,1-3H3,(H,31,35)/t25-,27+/m1/s1. The molecule has 3 aromatic carbocycles. The van der Waals surface area contributed by atoms with Crippen LogP contribution < -0.4 is 24.6 Å². The lowest BCUT2D eigenvalue weighted by Gasteiger charge is -2.49. The third-order valence-corrected chi connectivity index (χ3v) is 7.80. The maximum absolute atomic E-state index is 13.6. The van der Waals surface area contributed by atoms with Crippen molar-refractivity contribution in [2.24, 2.45) is 5.92 Å². The number of methoxy groups -OCH3 is 2. The first kappa shape index (κ1) is 26.3. The number of nitrogens with one attached hydrogen (secondary N) is 1. The Bertz CT molecular complexity index is 1360. The summed E-state index contributed by atoms with van der Waals surface area (Å²) < 4.78 is 10.7. The van der Waals surface area contributed by atoms with E-state index in [9.17, 15) is 14.9 Å². The summed E-state index contributed by atoms with van der Waals surface area (Å²) in [5, 5.41) is 14.6. The minimum atomic E-state index is -0.375. The molecule has 0 unspecified atom stereocenters. The highest BCUT2D eigenvalue weighted by atomic mass is 16.6. The van der Waals surface area contributed by atoms with E-state index in [4.69, 9.17) is 9.47 Å². The van der Waals surface area contributed by atoms with Gasteiger partial charge in [-0.1, -0.05) is 23.8 Å². The summed E-state index contributed by atoms with van der Waals surface area (Å²) in [7, 11) is 3.20. The second-order valence-corrected chi connectivity index (χ2v) is 10.2. The Hall–Kier alpha value is -4.27. The number of carbonyl (C=O) groups excluding carboxylic acids is 1. The smallest absolute Gasteiger partial charge is 0.269 e. The van der Waals surface area contributed by atoms with Gasteiger partial charge in [0.15, 0.2) is 11.5 Å². The average molecular weight is 531 g/mol. The number of ether oxygens (including phenoxy) is 2. The van der Waals surface area contributed by atoms with Gasteiger partial charge < -0.3 is 24.6 Å². The molecule has 2 aliphatic rings. The summed E-state index contributed by atoms with van der Waals surface area (Å²) >= 11 is 0. The largest absolute Gasteiger partial charge is 0.493 e. The Balaban J connectivity index is 1.35. The molecule has 0 spiro atoms. The fourth-order valence-electron chi connectivity index (χ4n) is 5.71. The number of anilines is 2. The van der Waals surface area contributed by atoms with E-state index >= 15 is 0 Å². The molecule has 9 nitrogen and oxygen atoms in total. The van der Waals surface area contributed by atoms with Crippen LogP contribution in [-0.2, 0) is 17.6 Å². The van der Waals surface area contributed by atoms with E-state index in [0.717, 1.165) is 35.6 Å². The van der Waals surface area contributed by atoms with E-state index in [1.807, 2.05) is 24.3 Å². The van der Waals surface area contributed by atoms with Gasteiger partial charge in [0.1, 0.15) is 0 Å². The summed E-state index contributed by atoms with van der Waals surface area (Å²) in [5.74, 6) is 0.947. The van der Waals surface area contributed by atoms with Crippen LogP contribution in [0.3, 0.4) is 0 Å². The van der Waals surface area contributed by atoms with Gasteiger partial charge in [-0.3, -0.25) is 14.9 Å². The van der Waals surface area contributed by atoms with Crippen LogP contribution in [0.15, 0.2) is 60.7 Å². The molecule has 0 aliphatic carbocycles. The molecule has 1 saturated heterocycles. The lowest BCUT2D eigenvalue weighted by atomic mass is 9.83. The zero-order valence-corrected chi connectivity index (χ0v) is 22.6. The van der Waals surface area contributed by atoms with Crippen molar-refractivity contribution >= 4 is 23.0 Å². The number of nitro benzene ring substituents is 1. The number of benzene rings is 3. The Kier molecular flexibility index (Phi) is 7.58. The van der Waals surface area contributed by atoms with Crippen LogP contribution in [0.5, 0.6) is 11.5 Å². The molecule has 5 rings (SSSR count). The van der Waals surface area contributed by atoms with Gasteiger partial charge in [0.2, 0.25) is 5.91 Å². The lowest BCUT2D eigenvalue weighted by Crippen LogP contribution is -2.61. The average Bonchev–Trinajstić information content (AvgIpc) is 2.96. The highest BCUT2D eigenvalue weighted by Crippen LogP contribution is 2.38. The van der Waals surface area contributed by atoms with Gasteiger partial charge >= 0.3 is 0 Å². The van der Waals surface area contributed by atoms with Gasteiger partial charge in [-0.15, -0.1) is 0 Å². The first-order valence-corrected chi connectivity index (χ1v) is 13.2. The number of aryl methyl sites for hydroxylation is 1. The van der Waals surface area contributed by atoms with Gasteiger partial charge in [-0.25, -0.2) is 0 Å². The quantitative estimate of drug-likeness (QED) is 0.345. The van der Waals surface area contributed by atoms with Crippen LogP contribution in [0, 0.1) is 23.0 Å². The molecule has 1 N–H and O–H groups in total. The maximum Gasteiger partial charge on any atom is 0.269 e. The topological polar surface area (TPSA) is 97.2 Å². The number of hydrogen-bond acceptors (Lipinski definition) is 7. The zero-order chi connectivity index (χ0) is 27.5. The van der Waals surface area contributed by atoms with E-state index in [1.165, 1.54) is 5.56 Å². The van der Waals surface area contributed by atoms with E-state index in [2.05, 4.69) is 46.3 Å². The maximum atomic E-state index is 13.6. The van der Waals surface area contributed by atoms with Crippen LogP contribution in [0.25, 0.3) is 0 Å². The summed E-state index contributed by atoms with van der Waals surface area (Å²) in [6, 6.07) is 19.2. The summed E-state index contributed by atoms with van der Waals surface area (Å²) in [6.07, 6.45) is 1.10. The van der Waals surface area contributed by atoms with Gasteiger partial charge in [0, 0.05) is 49.7 Å². The molecule has 9 heteroatoms. The van der Waals surface area contributed by atoms with Crippen molar-refractivity contribution in [3.05, 3.63) is 87.5 Å². The van der Waals surface area contributed by atoms with Crippen LogP contribution in [0.4, 0.5) is 17.1 Å². The van der Waals surface area contributed by atoms with Crippen LogP contribution in [0.1, 0.15) is 16.7 Å². The number of carbonyl (C=O) groups is 1. The molecule has 2 atom stereocenters. The molecule has 0 bridgehead atoms. The number of non-ortho nitro benzene ring substituents is 1. The third kappa shape index (κ3) is 5.48. The first-order chi connectivity index (χ1) is 18.9. The van der Waals surface area contributed by atoms with E-state index < -0.39 is 0 Å². The second-order valence-electron chi connectivity index (χ2n) is 10.2. The van der Waals surface area contributed by atoms with E-state index in [0.29, 0.717) is 37.4 Å². The number of nitro groups is 1. The zero-order valence-electron chi connectivity index (χ0n) is 22.6. The Morgan fingerprint density at radius 1 is 1.03 bits per heavy atom. The molecule has 39 heavy (non-hydrogen) atoms. The van der Waals surface area contributed by atoms with Gasteiger partial charge in [0.05, 0.1) is 31.1 Å². The van der Waals surface area contributed by atoms with Crippen LogP contribution in [-0.4, -0.2) is 57.3 Å². The Morgan fingerprint density at radius 2 is 1.79 bits per heavy atom. The SMILES string of the molecule is COc1ccc(CCNC(=O)[C@@H]2Cc3cc([N+](=O)[O-])ccc3N3CCN(c4ccc(C)cc4)C[C@@H]23)cc1OC. The fourth-order valence-corrected chi connectivity index (χ4v) is 5.71. The molecule has 3 aromatic rings. The predicted molar refractivity (Wildman–Crippen MR) is 151 cm³/mol. The number of amides is 1. The third-order valence-electron chi connectivity index (χ3n) is 7.80. The summed E-state index contributed by atoms with van der Waals surface area (Å²) in [4.78, 5) is 29.3. The molecule has 1 amide bonds. The van der Waals surface area contributed by atoms with Crippen LogP contribution in [0.2, 0.25) is 0 Å². The number of nitrogens with zero attached hydrogens (tertiary/aromatic N) is 3. The fraction of sp³-hybridized carbons (Fsp3) is 0.367. The summed E-state index contributed by atoms with van der Waals surface area (Å²) in [6.45, 7) is 4.79. The molecular formula is C30H34N4O5. The predicted octanol–water partition coefficient (Wildman–Crippen LogP) is 4.15. The minimum Gasteiger partial charge on any atom is -0.493 e. The van der Waals surface area contributed by atoms with Crippen molar-refractivity contribution in [3.63, 3.8) is 0 Å². The van der Waals surface area contributed by atoms with Crippen molar-refractivity contribution in [3.8, 4) is 11.5 Å². The molecule has 2 heterocycles. The number of fused-ring (bicyclic) bond motifs is 3. The summed E-state index contributed by atoms with van der Waals surface area (Å²) in [5.41, 5.74) is 5.27. The molecule has 0 radical (unpaired) electrons. The second kappa shape index (κ2) is 11.2. The van der Waals surface area contributed by atoms with Crippen molar-refractivity contribution in [2.45, 2.75) is 25.8 Å². The molecule has 0 aromatic heterocycles. The molecular weight excluding hydrogens is 496 g/mol. The monoisotopic (exact) mass is 530 g/mol. The number of piperazine rings is 1. The highest BCUT2D eigenvalue weighted by molar-refractivity contribution is 5.82. The highest BCUT2D eigenvalue weighted by Gasteiger charge is 2.42.